The lowest BCUT2D eigenvalue weighted by Crippen LogP contribution is -2.30. The van der Waals surface area contributed by atoms with E-state index in [-0.39, 0.29) is 24.8 Å². The van der Waals surface area contributed by atoms with Gasteiger partial charge in [0.1, 0.15) is 0 Å². The fourth-order valence-electron chi connectivity index (χ4n) is 3.32. The summed E-state index contributed by atoms with van der Waals surface area (Å²) in [5.41, 5.74) is 4.84. The highest BCUT2D eigenvalue weighted by atomic mass is 16.5. The molecular formula is C24H23N5O3. The van der Waals surface area contributed by atoms with E-state index in [2.05, 4.69) is 25.8 Å². The summed E-state index contributed by atoms with van der Waals surface area (Å²) in [5.74, 6) is -0.465. The SMILES string of the molecule is Cc1ccc(-c2cc(C(=O)NCCC(=O)NCc3cccnc3)c3c(C)noc3n2)cc1. The van der Waals surface area contributed by atoms with Crippen LogP contribution in [0.25, 0.3) is 22.4 Å². The number of hydrogen-bond acceptors (Lipinski definition) is 6. The topological polar surface area (TPSA) is 110 Å². The van der Waals surface area contributed by atoms with Crippen LogP contribution < -0.4 is 10.6 Å². The molecule has 0 aliphatic carbocycles. The van der Waals surface area contributed by atoms with Gasteiger partial charge in [0.05, 0.1) is 22.3 Å². The first-order valence-corrected chi connectivity index (χ1v) is 10.3. The summed E-state index contributed by atoms with van der Waals surface area (Å²) in [5, 5.41) is 10.2. The van der Waals surface area contributed by atoms with Gasteiger partial charge < -0.3 is 15.2 Å². The summed E-state index contributed by atoms with van der Waals surface area (Å²) in [6.07, 6.45) is 3.54. The van der Waals surface area contributed by atoms with E-state index in [0.29, 0.717) is 34.6 Å². The molecule has 1 aromatic carbocycles. The predicted molar refractivity (Wildman–Crippen MR) is 120 cm³/mol. The molecule has 0 saturated heterocycles. The second-order valence-electron chi connectivity index (χ2n) is 7.51. The summed E-state index contributed by atoms with van der Waals surface area (Å²) in [6.45, 7) is 4.37. The Morgan fingerprint density at radius 1 is 1.06 bits per heavy atom. The average Bonchev–Trinajstić information content (AvgIpc) is 3.19. The van der Waals surface area contributed by atoms with Crippen LogP contribution in [-0.2, 0) is 11.3 Å². The van der Waals surface area contributed by atoms with Crippen LogP contribution in [0.2, 0.25) is 0 Å². The minimum atomic E-state index is -0.308. The number of nitrogens with one attached hydrogen (secondary N) is 2. The lowest BCUT2D eigenvalue weighted by molar-refractivity contribution is -0.121. The molecule has 32 heavy (non-hydrogen) atoms. The molecule has 0 aliphatic rings. The lowest BCUT2D eigenvalue weighted by atomic mass is 10.0. The Morgan fingerprint density at radius 2 is 1.88 bits per heavy atom. The molecule has 0 fully saturated rings. The molecule has 0 aliphatic heterocycles. The third kappa shape index (κ3) is 4.80. The van der Waals surface area contributed by atoms with Crippen LogP contribution in [0.1, 0.15) is 33.6 Å². The van der Waals surface area contributed by atoms with E-state index in [1.165, 1.54) is 0 Å². The minimum absolute atomic E-state index is 0.157. The second kappa shape index (κ2) is 9.38. The maximum atomic E-state index is 13.0. The second-order valence-corrected chi connectivity index (χ2v) is 7.51. The normalized spacial score (nSPS) is 10.8. The van der Waals surface area contributed by atoms with Crippen molar-refractivity contribution in [1.82, 2.24) is 25.8 Å². The first kappa shape index (κ1) is 21.2. The third-order valence-electron chi connectivity index (χ3n) is 5.06. The van der Waals surface area contributed by atoms with E-state index in [1.54, 1.807) is 25.4 Å². The molecular weight excluding hydrogens is 406 g/mol. The van der Waals surface area contributed by atoms with Crippen LogP contribution in [0.15, 0.2) is 59.4 Å². The summed E-state index contributed by atoms with van der Waals surface area (Å²) >= 11 is 0. The van der Waals surface area contributed by atoms with Crippen molar-refractivity contribution in [2.45, 2.75) is 26.8 Å². The number of hydrogen-bond donors (Lipinski definition) is 2. The van der Waals surface area contributed by atoms with Crippen molar-refractivity contribution in [3.63, 3.8) is 0 Å². The van der Waals surface area contributed by atoms with Crippen molar-refractivity contribution in [1.29, 1.82) is 0 Å². The van der Waals surface area contributed by atoms with Gasteiger partial charge in [-0.05, 0) is 31.5 Å². The Bertz CT molecular complexity index is 1250. The van der Waals surface area contributed by atoms with Gasteiger partial charge in [-0.2, -0.15) is 0 Å². The molecule has 162 valence electrons. The number of pyridine rings is 2. The number of rotatable bonds is 7. The molecule has 0 bridgehead atoms. The predicted octanol–water partition coefficient (Wildman–Crippen LogP) is 3.34. The summed E-state index contributed by atoms with van der Waals surface area (Å²) in [7, 11) is 0. The molecule has 3 aromatic heterocycles. The van der Waals surface area contributed by atoms with Gasteiger partial charge in [0, 0.05) is 37.5 Å². The highest BCUT2D eigenvalue weighted by Gasteiger charge is 2.19. The maximum absolute atomic E-state index is 13.0. The molecule has 2 N–H and O–H groups in total. The van der Waals surface area contributed by atoms with Crippen LogP contribution in [0.3, 0.4) is 0 Å². The minimum Gasteiger partial charge on any atom is -0.352 e. The zero-order valence-corrected chi connectivity index (χ0v) is 17.9. The van der Waals surface area contributed by atoms with E-state index in [9.17, 15) is 9.59 Å². The van der Waals surface area contributed by atoms with Crippen molar-refractivity contribution in [2.75, 3.05) is 6.54 Å². The Labute approximate surface area is 185 Å². The van der Waals surface area contributed by atoms with Crippen LogP contribution in [-0.4, -0.2) is 33.5 Å². The molecule has 0 saturated carbocycles. The maximum Gasteiger partial charge on any atom is 0.259 e. The zero-order chi connectivity index (χ0) is 22.5. The first-order valence-electron chi connectivity index (χ1n) is 10.3. The van der Waals surface area contributed by atoms with Crippen LogP contribution >= 0.6 is 0 Å². The fraction of sp³-hybridized carbons (Fsp3) is 0.208. The van der Waals surface area contributed by atoms with E-state index in [4.69, 9.17) is 4.52 Å². The van der Waals surface area contributed by atoms with E-state index in [1.807, 2.05) is 43.3 Å². The summed E-state index contributed by atoms with van der Waals surface area (Å²) in [4.78, 5) is 33.6. The Kier molecular flexibility index (Phi) is 6.21. The average molecular weight is 429 g/mol. The van der Waals surface area contributed by atoms with Crippen LogP contribution in [0.5, 0.6) is 0 Å². The van der Waals surface area contributed by atoms with Crippen molar-refractivity contribution >= 4 is 22.9 Å². The molecule has 0 unspecified atom stereocenters. The molecule has 2 amide bonds. The number of fused-ring (bicyclic) bond motifs is 1. The van der Waals surface area contributed by atoms with E-state index >= 15 is 0 Å². The van der Waals surface area contributed by atoms with Gasteiger partial charge in [0.15, 0.2) is 0 Å². The van der Waals surface area contributed by atoms with Crippen molar-refractivity contribution in [3.8, 4) is 11.3 Å². The smallest absolute Gasteiger partial charge is 0.259 e. The van der Waals surface area contributed by atoms with Crippen molar-refractivity contribution in [2.24, 2.45) is 0 Å². The van der Waals surface area contributed by atoms with Crippen molar-refractivity contribution < 1.29 is 14.1 Å². The van der Waals surface area contributed by atoms with Gasteiger partial charge >= 0.3 is 0 Å². The van der Waals surface area contributed by atoms with Gasteiger partial charge in [0.2, 0.25) is 5.91 Å². The molecule has 3 heterocycles. The number of amides is 2. The van der Waals surface area contributed by atoms with Crippen LogP contribution in [0.4, 0.5) is 0 Å². The molecule has 4 rings (SSSR count). The summed E-state index contributed by atoms with van der Waals surface area (Å²) in [6, 6.07) is 13.3. The standard InChI is InChI=1S/C24H23N5O3/c1-15-5-7-18(8-6-15)20-12-19(22-16(2)29-32-24(22)28-20)23(31)26-11-9-21(30)27-14-17-4-3-10-25-13-17/h3-8,10,12-13H,9,11,14H2,1-2H3,(H,26,31)(H,27,30). The molecule has 0 radical (unpaired) electrons. The summed E-state index contributed by atoms with van der Waals surface area (Å²) < 4.78 is 5.33. The molecule has 8 heteroatoms. The molecule has 4 aromatic rings. The number of carbonyl (C=O) groups excluding carboxylic acids is 2. The number of benzene rings is 1. The van der Waals surface area contributed by atoms with Gasteiger partial charge in [-0.25, -0.2) is 4.98 Å². The Hall–Kier alpha value is -4.07. The number of aryl methyl sites for hydroxylation is 2. The quantitative estimate of drug-likeness (QED) is 0.466. The fourth-order valence-corrected chi connectivity index (χ4v) is 3.32. The zero-order valence-electron chi connectivity index (χ0n) is 17.9. The highest BCUT2D eigenvalue weighted by Crippen LogP contribution is 2.27. The van der Waals surface area contributed by atoms with E-state index < -0.39 is 0 Å². The molecule has 0 spiro atoms. The number of aromatic nitrogens is 3. The first-order chi connectivity index (χ1) is 15.5. The Balaban J connectivity index is 1.45. The largest absolute Gasteiger partial charge is 0.352 e. The monoisotopic (exact) mass is 429 g/mol. The van der Waals surface area contributed by atoms with E-state index in [0.717, 1.165) is 16.7 Å². The highest BCUT2D eigenvalue weighted by molar-refractivity contribution is 6.07. The molecule has 0 atom stereocenters. The third-order valence-corrected chi connectivity index (χ3v) is 5.06. The van der Waals surface area contributed by atoms with Gasteiger partial charge in [-0.15, -0.1) is 0 Å². The van der Waals surface area contributed by atoms with Gasteiger partial charge in [-0.1, -0.05) is 41.1 Å². The number of carbonyl (C=O) groups is 2. The van der Waals surface area contributed by atoms with Crippen molar-refractivity contribution in [3.05, 3.63) is 77.2 Å². The van der Waals surface area contributed by atoms with Gasteiger partial charge in [-0.3, -0.25) is 14.6 Å². The molecule has 8 nitrogen and oxygen atoms in total. The van der Waals surface area contributed by atoms with Gasteiger partial charge in [0.25, 0.3) is 11.6 Å². The number of nitrogens with zero attached hydrogens (tertiary/aromatic N) is 3. The Morgan fingerprint density at radius 3 is 2.62 bits per heavy atom. The van der Waals surface area contributed by atoms with Crippen LogP contribution in [0, 0.1) is 13.8 Å². The lowest BCUT2D eigenvalue weighted by Gasteiger charge is -2.09.